The quantitative estimate of drug-likeness (QED) is 0.152. The average Bonchev–Trinajstić information content (AvgIpc) is 2.65. The van der Waals surface area contributed by atoms with Gasteiger partial charge in [-0.1, -0.05) is 30.3 Å². The van der Waals surface area contributed by atoms with E-state index in [0.29, 0.717) is 0 Å². The molecule has 0 unspecified atom stereocenters. The van der Waals surface area contributed by atoms with Crippen molar-refractivity contribution in [3.8, 4) is 0 Å². The summed E-state index contributed by atoms with van der Waals surface area (Å²) in [6.45, 7) is 1.44. The Labute approximate surface area is 157 Å². The first-order chi connectivity index (χ1) is 12.7. The Morgan fingerprint density at radius 2 is 1.67 bits per heavy atom. The number of nitrogens with two attached hydrogens (primary N) is 3. The van der Waals surface area contributed by atoms with Gasteiger partial charge in [0.15, 0.2) is 0 Å². The lowest BCUT2D eigenvalue weighted by Crippen LogP contribution is -2.55. The van der Waals surface area contributed by atoms with Gasteiger partial charge in [-0.3, -0.25) is 24.6 Å². The second-order valence-corrected chi connectivity index (χ2v) is 6.10. The number of carbonyl (C=O) groups excluding carboxylic acids is 4. The van der Waals surface area contributed by atoms with E-state index >= 15 is 0 Å². The van der Waals surface area contributed by atoms with Crippen LogP contribution in [0.5, 0.6) is 0 Å². The molecule has 1 rings (SSSR count). The highest BCUT2D eigenvalue weighted by atomic mass is 16.2. The Hall–Kier alpha value is -2.98. The highest BCUT2D eigenvalue weighted by Crippen LogP contribution is 2.05. The van der Waals surface area contributed by atoms with Crippen molar-refractivity contribution >= 4 is 23.6 Å². The normalized spacial score (nSPS) is 13.7. The van der Waals surface area contributed by atoms with Crippen LogP contribution in [0.2, 0.25) is 0 Å². The third kappa shape index (κ3) is 7.84. The molecule has 0 radical (unpaired) electrons. The summed E-state index contributed by atoms with van der Waals surface area (Å²) in [5, 5.41) is 5.01. The lowest BCUT2D eigenvalue weighted by molar-refractivity contribution is -0.131. The predicted molar refractivity (Wildman–Crippen MR) is 98.4 cm³/mol. The molecule has 0 aromatic heterocycles. The van der Waals surface area contributed by atoms with Crippen molar-refractivity contribution in [2.24, 2.45) is 17.3 Å². The largest absolute Gasteiger partial charge is 0.368 e. The maximum Gasteiger partial charge on any atom is 0.243 e. The van der Waals surface area contributed by atoms with Crippen molar-refractivity contribution in [1.29, 1.82) is 0 Å². The third-order valence-corrected chi connectivity index (χ3v) is 3.88. The van der Waals surface area contributed by atoms with E-state index < -0.39 is 41.8 Å². The van der Waals surface area contributed by atoms with Crippen LogP contribution in [0.25, 0.3) is 0 Å². The van der Waals surface area contributed by atoms with Crippen LogP contribution in [0.3, 0.4) is 0 Å². The first-order valence-electron chi connectivity index (χ1n) is 8.43. The first-order valence-corrected chi connectivity index (χ1v) is 8.43. The van der Waals surface area contributed by atoms with Gasteiger partial charge in [-0.15, -0.1) is 0 Å². The molecule has 1 aromatic carbocycles. The van der Waals surface area contributed by atoms with E-state index in [1.165, 1.54) is 6.92 Å². The summed E-state index contributed by atoms with van der Waals surface area (Å²) in [5.41, 5.74) is 13.7. The van der Waals surface area contributed by atoms with E-state index in [0.717, 1.165) is 5.56 Å². The van der Waals surface area contributed by atoms with Gasteiger partial charge in [-0.25, -0.2) is 5.84 Å². The van der Waals surface area contributed by atoms with Crippen LogP contribution in [0.4, 0.5) is 0 Å². The van der Waals surface area contributed by atoms with Gasteiger partial charge < -0.3 is 22.1 Å². The molecule has 0 saturated carbocycles. The standard InChI is InChI=1S/C17H26N6O4/c1-10(15(19)25)21-17(27)13(9-11-5-3-2-4-6-11)22-16(26)12(18)7-8-14(24)23-20/h2-6,10,12-13H,7-9,18,20H2,1H3,(H2,19,25)(H,21,27)(H,22,26)(H,23,24)/t10-,12-,13-/m0/s1. The third-order valence-electron chi connectivity index (χ3n) is 3.88. The minimum Gasteiger partial charge on any atom is -0.368 e. The molecular formula is C17H26N6O4. The van der Waals surface area contributed by atoms with Crippen LogP contribution < -0.4 is 33.4 Å². The molecule has 10 nitrogen and oxygen atoms in total. The summed E-state index contributed by atoms with van der Waals surface area (Å²) in [6, 6.07) is 6.17. The lowest BCUT2D eigenvalue weighted by Gasteiger charge is -2.22. The average molecular weight is 378 g/mol. The topological polar surface area (TPSA) is 182 Å². The molecule has 148 valence electrons. The lowest BCUT2D eigenvalue weighted by atomic mass is 10.0. The molecule has 4 amide bonds. The Morgan fingerprint density at radius 1 is 1.04 bits per heavy atom. The molecule has 3 atom stereocenters. The second-order valence-electron chi connectivity index (χ2n) is 6.10. The van der Waals surface area contributed by atoms with Crippen LogP contribution in [0.1, 0.15) is 25.3 Å². The van der Waals surface area contributed by atoms with Crippen molar-refractivity contribution in [3.63, 3.8) is 0 Å². The minimum absolute atomic E-state index is 0.0284. The van der Waals surface area contributed by atoms with E-state index in [4.69, 9.17) is 17.3 Å². The molecule has 1 aromatic rings. The van der Waals surface area contributed by atoms with Gasteiger partial charge in [0, 0.05) is 12.8 Å². The molecule has 0 aliphatic heterocycles. The van der Waals surface area contributed by atoms with Crippen LogP contribution in [0, 0.1) is 0 Å². The number of primary amides is 1. The first kappa shape index (κ1) is 22.1. The monoisotopic (exact) mass is 378 g/mol. The summed E-state index contributed by atoms with van der Waals surface area (Å²) in [6.07, 6.45) is 0.228. The van der Waals surface area contributed by atoms with Crippen LogP contribution in [0.15, 0.2) is 30.3 Å². The van der Waals surface area contributed by atoms with E-state index in [1.54, 1.807) is 24.3 Å². The fraction of sp³-hybridized carbons (Fsp3) is 0.412. The summed E-state index contributed by atoms with van der Waals surface area (Å²) in [5.74, 6) is 2.67. The zero-order chi connectivity index (χ0) is 20.4. The number of hydrogen-bond acceptors (Lipinski definition) is 6. The molecule has 9 N–H and O–H groups in total. The van der Waals surface area contributed by atoms with Gasteiger partial charge in [0.2, 0.25) is 23.6 Å². The highest BCUT2D eigenvalue weighted by Gasteiger charge is 2.26. The van der Waals surface area contributed by atoms with E-state index in [2.05, 4.69) is 10.6 Å². The van der Waals surface area contributed by atoms with Gasteiger partial charge >= 0.3 is 0 Å². The number of benzene rings is 1. The van der Waals surface area contributed by atoms with E-state index in [1.807, 2.05) is 11.5 Å². The number of rotatable bonds is 10. The fourth-order valence-corrected chi connectivity index (χ4v) is 2.21. The fourth-order valence-electron chi connectivity index (χ4n) is 2.21. The summed E-state index contributed by atoms with van der Waals surface area (Å²) in [4.78, 5) is 47.1. The maximum atomic E-state index is 12.5. The Balaban J connectivity index is 2.80. The van der Waals surface area contributed by atoms with Gasteiger partial charge in [-0.05, 0) is 18.9 Å². The van der Waals surface area contributed by atoms with Crippen molar-refractivity contribution in [3.05, 3.63) is 35.9 Å². The molecule has 0 heterocycles. The van der Waals surface area contributed by atoms with Gasteiger partial charge in [0.1, 0.15) is 12.1 Å². The molecule has 27 heavy (non-hydrogen) atoms. The molecule has 10 heteroatoms. The van der Waals surface area contributed by atoms with E-state index in [-0.39, 0.29) is 19.3 Å². The molecule has 0 aliphatic carbocycles. The van der Waals surface area contributed by atoms with Gasteiger partial charge in [-0.2, -0.15) is 0 Å². The number of hydrazine groups is 1. The Bertz CT molecular complexity index is 667. The molecule has 0 fully saturated rings. The zero-order valence-electron chi connectivity index (χ0n) is 15.1. The molecule has 0 saturated heterocycles. The zero-order valence-corrected chi connectivity index (χ0v) is 15.1. The highest BCUT2D eigenvalue weighted by molar-refractivity contribution is 5.92. The van der Waals surface area contributed by atoms with Crippen LogP contribution in [-0.4, -0.2) is 41.8 Å². The predicted octanol–water partition coefficient (Wildman–Crippen LogP) is -2.20. The number of hydrogen-bond donors (Lipinski definition) is 6. The van der Waals surface area contributed by atoms with Crippen LogP contribution in [-0.2, 0) is 25.6 Å². The van der Waals surface area contributed by atoms with E-state index in [9.17, 15) is 19.2 Å². The number of carbonyl (C=O) groups is 4. The van der Waals surface area contributed by atoms with Gasteiger partial charge in [0.05, 0.1) is 6.04 Å². The van der Waals surface area contributed by atoms with Crippen molar-refractivity contribution in [2.45, 2.75) is 44.3 Å². The number of nitrogens with one attached hydrogen (secondary N) is 3. The van der Waals surface area contributed by atoms with Gasteiger partial charge in [0.25, 0.3) is 0 Å². The minimum atomic E-state index is -0.998. The summed E-state index contributed by atoms with van der Waals surface area (Å²) >= 11 is 0. The summed E-state index contributed by atoms with van der Waals surface area (Å²) < 4.78 is 0. The molecular weight excluding hydrogens is 352 g/mol. The second kappa shape index (κ2) is 10.9. The molecule has 0 bridgehead atoms. The Morgan fingerprint density at radius 3 is 2.22 bits per heavy atom. The molecule has 0 aliphatic rings. The van der Waals surface area contributed by atoms with Crippen molar-refractivity contribution < 1.29 is 19.2 Å². The smallest absolute Gasteiger partial charge is 0.243 e. The Kier molecular flexibility index (Phi) is 8.90. The summed E-state index contributed by atoms with van der Waals surface area (Å²) in [7, 11) is 0. The van der Waals surface area contributed by atoms with Crippen LogP contribution >= 0.6 is 0 Å². The number of amides is 4. The van der Waals surface area contributed by atoms with Crippen molar-refractivity contribution in [1.82, 2.24) is 16.1 Å². The van der Waals surface area contributed by atoms with Crippen molar-refractivity contribution in [2.75, 3.05) is 0 Å². The molecule has 0 spiro atoms. The maximum absolute atomic E-state index is 12.5. The SMILES string of the molecule is C[C@H](NC(=O)[C@H](Cc1ccccc1)NC(=O)[C@@H](N)CCC(=O)NN)C(N)=O.